The summed E-state index contributed by atoms with van der Waals surface area (Å²) < 4.78 is 26.7. The van der Waals surface area contributed by atoms with Gasteiger partial charge in [0, 0.05) is 21.9 Å². The summed E-state index contributed by atoms with van der Waals surface area (Å²) in [7, 11) is 1.88. The standard InChI is InChI=1S/C19H18N3/c1-13-7-8-17(21(3)12-13)15-11-18-16(10-14(15)2)20-19-6-4-5-9-22(18)19/h4-12H,1-3H3/q+1/i1D3. The molecule has 0 saturated carbocycles. The van der Waals surface area contributed by atoms with Crippen LogP contribution < -0.4 is 4.57 Å². The van der Waals surface area contributed by atoms with Gasteiger partial charge in [-0.15, -0.1) is 0 Å². The summed E-state index contributed by atoms with van der Waals surface area (Å²) in [5.41, 5.74) is 6.39. The van der Waals surface area contributed by atoms with Crippen molar-refractivity contribution in [2.24, 2.45) is 7.05 Å². The molecule has 0 saturated heterocycles. The monoisotopic (exact) mass is 291 g/mol. The number of hydrogen-bond acceptors (Lipinski definition) is 1. The average molecular weight is 291 g/mol. The van der Waals surface area contributed by atoms with Crippen molar-refractivity contribution in [1.82, 2.24) is 9.38 Å². The fourth-order valence-electron chi connectivity index (χ4n) is 2.98. The lowest BCUT2D eigenvalue weighted by molar-refractivity contribution is -0.660. The molecule has 0 radical (unpaired) electrons. The third-order valence-electron chi connectivity index (χ3n) is 4.06. The van der Waals surface area contributed by atoms with Crippen molar-refractivity contribution in [2.75, 3.05) is 0 Å². The van der Waals surface area contributed by atoms with Crippen molar-refractivity contribution in [1.29, 1.82) is 0 Å². The van der Waals surface area contributed by atoms with Crippen LogP contribution in [0.5, 0.6) is 0 Å². The fourth-order valence-corrected chi connectivity index (χ4v) is 2.98. The molecule has 108 valence electrons. The highest BCUT2D eigenvalue weighted by Gasteiger charge is 2.15. The molecule has 1 aromatic carbocycles. The highest BCUT2D eigenvalue weighted by Crippen LogP contribution is 2.27. The minimum atomic E-state index is -2.10. The molecule has 22 heavy (non-hydrogen) atoms. The first kappa shape index (κ1) is 10.1. The largest absolute Gasteiger partial charge is 0.300 e. The molecule has 0 bridgehead atoms. The Labute approximate surface area is 133 Å². The van der Waals surface area contributed by atoms with Gasteiger partial charge >= 0.3 is 0 Å². The maximum atomic E-state index is 7.57. The lowest BCUT2D eigenvalue weighted by Crippen LogP contribution is -2.31. The Morgan fingerprint density at radius 3 is 2.91 bits per heavy atom. The van der Waals surface area contributed by atoms with Crippen molar-refractivity contribution >= 4 is 16.7 Å². The number of nitrogens with zero attached hydrogens (tertiary/aromatic N) is 3. The van der Waals surface area contributed by atoms with Crippen molar-refractivity contribution in [3.05, 3.63) is 66.0 Å². The van der Waals surface area contributed by atoms with Gasteiger partial charge < -0.3 is 0 Å². The fraction of sp³-hybridized carbons (Fsp3) is 0.158. The molecule has 0 N–H and O–H groups in total. The van der Waals surface area contributed by atoms with Gasteiger partial charge in [-0.1, -0.05) is 6.07 Å². The molecular weight excluding hydrogens is 270 g/mol. The minimum absolute atomic E-state index is 0.340. The SMILES string of the molecule is [2H]C([2H])([2H])c1ccc(-c2cc3c(cc2C)nc2ccccn23)[n+](C)c1. The normalized spacial score (nSPS) is 14.0. The van der Waals surface area contributed by atoms with Crippen molar-refractivity contribution < 1.29 is 8.68 Å². The first-order valence-electron chi connectivity index (χ1n) is 8.72. The zero-order chi connectivity index (χ0) is 17.8. The van der Waals surface area contributed by atoms with Gasteiger partial charge in [-0.25, -0.2) is 9.55 Å². The number of aryl methyl sites for hydroxylation is 3. The van der Waals surface area contributed by atoms with Gasteiger partial charge in [-0.05, 0) is 49.7 Å². The number of benzene rings is 1. The van der Waals surface area contributed by atoms with Gasteiger partial charge in [0.2, 0.25) is 5.69 Å². The van der Waals surface area contributed by atoms with Crippen molar-refractivity contribution in [3.8, 4) is 11.3 Å². The zero-order valence-electron chi connectivity index (χ0n) is 15.5. The van der Waals surface area contributed by atoms with E-state index < -0.39 is 6.85 Å². The minimum Gasteiger partial charge on any atom is -0.300 e. The van der Waals surface area contributed by atoms with Gasteiger partial charge in [0.05, 0.1) is 16.6 Å². The van der Waals surface area contributed by atoms with Crippen LogP contribution in [0.1, 0.15) is 15.2 Å². The lowest BCUT2D eigenvalue weighted by Gasteiger charge is -2.06. The number of fused-ring (bicyclic) bond motifs is 3. The summed E-state index contributed by atoms with van der Waals surface area (Å²) in [4.78, 5) is 4.66. The predicted octanol–water partition coefficient (Wildman–Crippen LogP) is 3.60. The number of aromatic nitrogens is 3. The second-order valence-electron chi connectivity index (χ2n) is 5.61. The van der Waals surface area contributed by atoms with Gasteiger partial charge in [0.1, 0.15) is 12.7 Å². The third kappa shape index (κ3) is 1.90. The molecule has 0 aliphatic carbocycles. The van der Waals surface area contributed by atoms with E-state index in [1.54, 1.807) is 12.3 Å². The second kappa shape index (κ2) is 4.67. The number of hydrogen-bond donors (Lipinski definition) is 0. The maximum Gasteiger partial charge on any atom is 0.212 e. The number of pyridine rings is 2. The van der Waals surface area contributed by atoms with E-state index in [0.717, 1.165) is 33.5 Å². The maximum absolute atomic E-state index is 7.57. The molecule has 3 heterocycles. The zero-order valence-corrected chi connectivity index (χ0v) is 12.5. The summed E-state index contributed by atoms with van der Waals surface area (Å²) in [6.07, 6.45) is 3.68. The molecular formula is C19H18N3+. The van der Waals surface area contributed by atoms with Crippen LogP contribution in [0.25, 0.3) is 27.9 Å². The quantitative estimate of drug-likeness (QED) is 0.491. The van der Waals surface area contributed by atoms with E-state index >= 15 is 0 Å². The molecule has 3 aromatic heterocycles. The summed E-state index contributed by atoms with van der Waals surface area (Å²) >= 11 is 0. The highest BCUT2D eigenvalue weighted by molar-refractivity contribution is 5.86. The molecule has 3 nitrogen and oxygen atoms in total. The molecule has 4 rings (SSSR count). The number of imidazole rings is 1. The Kier molecular flexibility index (Phi) is 2.15. The van der Waals surface area contributed by atoms with E-state index in [1.165, 1.54) is 0 Å². The Bertz CT molecular complexity index is 1110. The number of rotatable bonds is 1. The smallest absolute Gasteiger partial charge is 0.212 e. The van der Waals surface area contributed by atoms with Crippen LogP contribution in [0.2, 0.25) is 0 Å². The van der Waals surface area contributed by atoms with E-state index in [1.807, 2.05) is 42.1 Å². The van der Waals surface area contributed by atoms with E-state index in [-0.39, 0.29) is 0 Å². The Morgan fingerprint density at radius 1 is 1.18 bits per heavy atom. The van der Waals surface area contributed by atoms with Crippen LogP contribution in [0.3, 0.4) is 0 Å². The van der Waals surface area contributed by atoms with E-state index in [2.05, 4.69) is 28.4 Å². The predicted molar refractivity (Wildman–Crippen MR) is 88.8 cm³/mol. The molecule has 0 atom stereocenters. The van der Waals surface area contributed by atoms with Crippen LogP contribution in [0, 0.1) is 13.8 Å². The Hall–Kier alpha value is -2.68. The first-order chi connectivity index (χ1) is 11.8. The van der Waals surface area contributed by atoms with Crippen LogP contribution in [-0.4, -0.2) is 9.38 Å². The van der Waals surface area contributed by atoms with Crippen molar-refractivity contribution in [3.63, 3.8) is 0 Å². The molecule has 3 heteroatoms. The third-order valence-corrected chi connectivity index (χ3v) is 4.06. The summed E-state index contributed by atoms with van der Waals surface area (Å²) in [5, 5.41) is 0. The van der Waals surface area contributed by atoms with Gasteiger partial charge in [0.25, 0.3) is 0 Å². The van der Waals surface area contributed by atoms with Gasteiger partial charge in [-0.3, -0.25) is 4.40 Å². The second-order valence-corrected chi connectivity index (χ2v) is 5.61. The molecule has 0 amide bonds. The molecule has 0 aliphatic heterocycles. The van der Waals surface area contributed by atoms with Crippen molar-refractivity contribution in [2.45, 2.75) is 13.8 Å². The summed E-state index contributed by atoms with van der Waals surface area (Å²) in [6.45, 7) is -0.0482. The Morgan fingerprint density at radius 2 is 2.09 bits per heavy atom. The average Bonchev–Trinajstić information content (AvgIpc) is 2.90. The summed E-state index contributed by atoms with van der Waals surface area (Å²) in [5.74, 6) is 0. The van der Waals surface area contributed by atoms with Crippen LogP contribution in [0.15, 0.2) is 54.9 Å². The summed E-state index contributed by atoms with van der Waals surface area (Å²) in [6, 6.07) is 13.7. The van der Waals surface area contributed by atoms with Crippen LogP contribution in [-0.2, 0) is 7.05 Å². The molecule has 0 spiro atoms. The molecule has 0 unspecified atom stereocenters. The van der Waals surface area contributed by atoms with E-state index in [9.17, 15) is 0 Å². The molecule has 4 aromatic rings. The van der Waals surface area contributed by atoms with Gasteiger partial charge in [0.15, 0.2) is 6.20 Å². The molecule has 0 aliphatic rings. The lowest BCUT2D eigenvalue weighted by atomic mass is 10.0. The highest BCUT2D eigenvalue weighted by atomic mass is 15.0. The topological polar surface area (TPSA) is 21.2 Å². The van der Waals surface area contributed by atoms with Gasteiger partial charge in [-0.2, -0.15) is 0 Å². The van der Waals surface area contributed by atoms with E-state index in [0.29, 0.717) is 5.56 Å². The van der Waals surface area contributed by atoms with E-state index in [4.69, 9.17) is 4.11 Å². The van der Waals surface area contributed by atoms with Crippen LogP contribution in [0.4, 0.5) is 0 Å². The first-order valence-corrected chi connectivity index (χ1v) is 7.22. The molecule has 0 fully saturated rings. The Balaban J connectivity index is 1.94. The van der Waals surface area contributed by atoms with Crippen LogP contribution >= 0.6 is 0 Å².